The van der Waals surface area contributed by atoms with E-state index in [0.29, 0.717) is 16.5 Å². The highest BCUT2D eigenvalue weighted by molar-refractivity contribution is 6.30. The van der Waals surface area contributed by atoms with Crippen LogP contribution in [-0.2, 0) is 4.79 Å². The predicted octanol–water partition coefficient (Wildman–Crippen LogP) is 4.07. The van der Waals surface area contributed by atoms with E-state index in [2.05, 4.69) is 10.6 Å². The van der Waals surface area contributed by atoms with Gasteiger partial charge < -0.3 is 15.4 Å². The Morgan fingerprint density at radius 1 is 1.22 bits per heavy atom. The Hall–Kier alpha value is -2.34. The lowest BCUT2D eigenvalue weighted by molar-refractivity contribution is -0.116. The highest BCUT2D eigenvalue weighted by Crippen LogP contribution is 2.27. The van der Waals surface area contributed by atoms with Crippen LogP contribution in [0.5, 0.6) is 5.75 Å². The number of amides is 1. The zero-order chi connectivity index (χ0) is 16.8. The van der Waals surface area contributed by atoms with Gasteiger partial charge in [-0.2, -0.15) is 0 Å². The van der Waals surface area contributed by atoms with Crippen LogP contribution >= 0.6 is 11.6 Å². The Labute approximate surface area is 137 Å². The molecule has 0 radical (unpaired) electrons. The van der Waals surface area contributed by atoms with Crippen LogP contribution in [0.2, 0.25) is 5.02 Å². The molecule has 0 aliphatic rings. The molecule has 0 aliphatic heterocycles. The van der Waals surface area contributed by atoms with Gasteiger partial charge in [-0.3, -0.25) is 4.79 Å². The molecule has 122 valence electrons. The molecule has 0 aromatic heterocycles. The minimum absolute atomic E-state index is 0.0173. The number of rotatable bonds is 6. The Kier molecular flexibility index (Phi) is 5.76. The van der Waals surface area contributed by atoms with Crippen LogP contribution < -0.4 is 15.4 Å². The SMILES string of the molecule is COc1ccc(Cl)cc1NCCC(=O)Nc1c(F)cccc1F. The lowest BCUT2D eigenvalue weighted by atomic mass is 10.2. The third-order valence-electron chi connectivity index (χ3n) is 3.06. The normalized spacial score (nSPS) is 10.3. The van der Waals surface area contributed by atoms with E-state index in [0.717, 1.165) is 12.1 Å². The predicted molar refractivity (Wildman–Crippen MR) is 86.1 cm³/mol. The van der Waals surface area contributed by atoms with Crippen LogP contribution in [0.3, 0.4) is 0 Å². The molecule has 2 aromatic carbocycles. The quantitative estimate of drug-likeness (QED) is 0.833. The van der Waals surface area contributed by atoms with E-state index < -0.39 is 23.2 Å². The topological polar surface area (TPSA) is 50.4 Å². The summed E-state index contributed by atoms with van der Waals surface area (Å²) in [5.41, 5.74) is 0.183. The summed E-state index contributed by atoms with van der Waals surface area (Å²) < 4.78 is 32.0. The molecule has 0 bridgehead atoms. The summed E-state index contributed by atoms with van der Waals surface area (Å²) in [5.74, 6) is -1.57. The average Bonchev–Trinajstić information content (AvgIpc) is 2.51. The van der Waals surface area contributed by atoms with Crippen molar-refractivity contribution >= 4 is 28.9 Å². The number of para-hydroxylation sites is 1. The average molecular weight is 341 g/mol. The number of ether oxygens (including phenoxy) is 1. The molecule has 0 spiro atoms. The number of halogens is 3. The summed E-state index contributed by atoms with van der Waals surface area (Å²) in [6.45, 7) is 0.249. The smallest absolute Gasteiger partial charge is 0.226 e. The molecular formula is C16H15ClF2N2O2. The fraction of sp³-hybridized carbons (Fsp3) is 0.188. The minimum atomic E-state index is -0.817. The Balaban J connectivity index is 1.92. The molecule has 2 aromatic rings. The van der Waals surface area contributed by atoms with Crippen molar-refractivity contribution in [2.45, 2.75) is 6.42 Å². The highest BCUT2D eigenvalue weighted by Gasteiger charge is 2.12. The number of hydrogen-bond acceptors (Lipinski definition) is 3. The molecule has 7 heteroatoms. The van der Waals surface area contributed by atoms with Gasteiger partial charge in [-0.15, -0.1) is 0 Å². The second-order valence-corrected chi connectivity index (χ2v) is 5.10. The van der Waals surface area contributed by atoms with E-state index in [1.165, 1.54) is 13.2 Å². The molecule has 2 rings (SSSR count). The first kappa shape index (κ1) is 17.0. The van der Waals surface area contributed by atoms with Crippen molar-refractivity contribution in [3.05, 3.63) is 53.1 Å². The van der Waals surface area contributed by atoms with Gasteiger partial charge in [0.2, 0.25) is 5.91 Å². The summed E-state index contributed by atoms with van der Waals surface area (Å²) in [5, 5.41) is 5.73. The molecule has 0 unspecified atom stereocenters. The molecule has 0 saturated heterocycles. The van der Waals surface area contributed by atoms with Crippen molar-refractivity contribution in [3.63, 3.8) is 0 Å². The van der Waals surface area contributed by atoms with Crippen LogP contribution in [0.4, 0.5) is 20.2 Å². The molecule has 0 aliphatic carbocycles. The maximum atomic E-state index is 13.4. The number of carbonyl (C=O) groups excluding carboxylic acids is 1. The Morgan fingerprint density at radius 3 is 2.57 bits per heavy atom. The lowest BCUT2D eigenvalue weighted by Crippen LogP contribution is -2.18. The standard InChI is InChI=1S/C16H15ClF2N2O2/c1-23-14-6-5-10(17)9-13(14)20-8-7-15(22)21-16-11(18)3-2-4-12(16)19/h2-6,9,20H,7-8H2,1H3,(H,21,22). The van der Waals surface area contributed by atoms with Crippen molar-refractivity contribution < 1.29 is 18.3 Å². The van der Waals surface area contributed by atoms with E-state index in [9.17, 15) is 13.6 Å². The molecule has 1 amide bonds. The van der Waals surface area contributed by atoms with Crippen molar-refractivity contribution in [1.82, 2.24) is 0 Å². The van der Waals surface area contributed by atoms with Gasteiger partial charge in [0, 0.05) is 18.0 Å². The third kappa shape index (κ3) is 4.56. The first-order valence-electron chi connectivity index (χ1n) is 6.82. The van der Waals surface area contributed by atoms with Crippen LogP contribution in [0.15, 0.2) is 36.4 Å². The molecular weight excluding hydrogens is 326 g/mol. The second-order valence-electron chi connectivity index (χ2n) is 4.67. The summed E-state index contributed by atoms with van der Waals surface area (Å²) in [6, 6.07) is 8.42. The fourth-order valence-electron chi connectivity index (χ4n) is 1.95. The second kappa shape index (κ2) is 7.78. The van der Waals surface area contributed by atoms with Gasteiger partial charge in [-0.25, -0.2) is 8.78 Å². The molecule has 0 heterocycles. The van der Waals surface area contributed by atoms with Crippen LogP contribution in [-0.4, -0.2) is 19.6 Å². The van der Waals surface area contributed by atoms with Gasteiger partial charge in [0.1, 0.15) is 23.1 Å². The van der Waals surface area contributed by atoms with Crippen LogP contribution in [0.25, 0.3) is 0 Å². The zero-order valence-corrected chi connectivity index (χ0v) is 13.1. The van der Waals surface area contributed by atoms with Gasteiger partial charge in [0.05, 0.1) is 12.8 Å². The fourth-order valence-corrected chi connectivity index (χ4v) is 2.12. The summed E-state index contributed by atoms with van der Waals surface area (Å²) in [6.07, 6.45) is 0.0173. The number of benzene rings is 2. The molecule has 2 N–H and O–H groups in total. The molecule has 23 heavy (non-hydrogen) atoms. The Morgan fingerprint density at radius 2 is 1.91 bits per heavy atom. The van der Waals surface area contributed by atoms with Gasteiger partial charge >= 0.3 is 0 Å². The van der Waals surface area contributed by atoms with Gasteiger partial charge in [-0.05, 0) is 30.3 Å². The first-order chi connectivity index (χ1) is 11.0. The van der Waals surface area contributed by atoms with Gasteiger partial charge in [0.15, 0.2) is 0 Å². The summed E-state index contributed by atoms with van der Waals surface area (Å²) in [4.78, 5) is 11.8. The van der Waals surface area contributed by atoms with Gasteiger partial charge in [0.25, 0.3) is 0 Å². The first-order valence-corrected chi connectivity index (χ1v) is 7.20. The summed E-state index contributed by atoms with van der Waals surface area (Å²) >= 11 is 5.90. The third-order valence-corrected chi connectivity index (χ3v) is 3.29. The number of hydrogen-bond donors (Lipinski definition) is 2. The van der Waals surface area contributed by atoms with E-state index in [-0.39, 0.29) is 13.0 Å². The largest absolute Gasteiger partial charge is 0.495 e. The Bertz CT molecular complexity index is 690. The molecule has 0 atom stereocenters. The zero-order valence-electron chi connectivity index (χ0n) is 12.3. The van der Waals surface area contributed by atoms with Crippen LogP contribution in [0.1, 0.15) is 6.42 Å². The van der Waals surface area contributed by atoms with Gasteiger partial charge in [-0.1, -0.05) is 17.7 Å². The van der Waals surface area contributed by atoms with E-state index in [1.54, 1.807) is 18.2 Å². The van der Waals surface area contributed by atoms with Crippen molar-refractivity contribution in [2.24, 2.45) is 0 Å². The maximum Gasteiger partial charge on any atom is 0.226 e. The maximum absolute atomic E-state index is 13.4. The van der Waals surface area contributed by atoms with E-state index in [4.69, 9.17) is 16.3 Å². The van der Waals surface area contributed by atoms with Crippen molar-refractivity contribution in [1.29, 1.82) is 0 Å². The van der Waals surface area contributed by atoms with E-state index in [1.807, 2.05) is 0 Å². The van der Waals surface area contributed by atoms with Crippen molar-refractivity contribution in [2.75, 3.05) is 24.3 Å². The number of carbonyl (C=O) groups is 1. The van der Waals surface area contributed by atoms with Crippen LogP contribution in [0, 0.1) is 11.6 Å². The lowest BCUT2D eigenvalue weighted by Gasteiger charge is -2.12. The summed E-state index contributed by atoms with van der Waals surface area (Å²) in [7, 11) is 1.52. The number of methoxy groups -OCH3 is 1. The molecule has 0 saturated carbocycles. The van der Waals surface area contributed by atoms with Crippen molar-refractivity contribution in [3.8, 4) is 5.75 Å². The van der Waals surface area contributed by atoms with E-state index >= 15 is 0 Å². The molecule has 4 nitrogen and oxygen atoms in total. The number of nitrogens with one attached hydrogen (secondary N) is 2. The minimum Gasteiger partial charge on any atom is -0.495 e. The monoisotopic (exact) mass is 340 g/mol. The highest BCUT2D eigenvalue weighted by atomic mass is 35.5. The number of anilines is 2. The molecule has 0 fully saturated rings.